The summed E-state index contributed by atoms with van der Waals surface area (Å²) in [4.78, 5) is 30.1. The van der Waals surface area contributed by atoms with Crippen LogP contribution in [-0.4, -0.2) is 36.2 Å². The Morgan fingerprint density at radius 1 is 1.22 bits per heavy atom. The first-order valence-corrected chi connectivity index (χ1v) is 13.7. The maximum absolute atomic E-state index is 14.6. The van der Waals surface area contributed by atoms with Crippen LogP contribution in [0.5, 0.6) is 5.75 Å². The highest BCUT2D eigenvalue weighted by atomic mass is 32.2. The molecule has 0 radical (unpaired) electrons. The molecule has 2 aliphatic rings. The van der Waals surface area contributed by atoms with E-state index in [0.717, 1.165) is 53.6 Å². The first-order valence-electron chi connectivity index (χ1n) is 12.7. The number of hydrogen-bond donors (Lipinski definition) is 3. The summed E-state index contributed by atoms with van der Waals surface area (Å²) in [6.07, 6.45) is 6.45. The number of aromatic nitrogens is 1. The normalized spacial score (nSPS) is 19.6. The van der Waals surface area contributed by atoms with Gasteiger partial charge < -0.3 is 20.7 Å². The fourth-order valence-electron chi connectivity index (χ4n) is 5.17. The number of anilines is 2. The SMILES string of the molecule is COc1ccc2nccc(NC(=O)C3CCCCC(CNCc4cc5c(cc4F)SCC(=O)N5)C3)c2c1. The number of carbonyl (C=O) groups is 2. The number of benzene rings is 2. The molecule has 0 saturated heterocycles. The predicted octanol–water partition coefficient (Wildman–Crippen LogP) is 5.35. The smallest absolute Gasteiger partial charge is 0.234 e. The van der Waals surface area contributed by atoms with E-state index in [1.54, 1.807) is 19.4 Å². The van der Waals surface area contributed by atoms with Gasteiger partial charge in [-0.1, -0.05) is 12.8 Å². The van der Waals surface area contributed by atoms with Crippen molar-refractivity contribution in [3.8, 4) is 5.75 Å². The van der Waals surface area contributed by atoms with Gasteiger partial charge in [-0.05, 0) is 68.1 Å². The molecule has 37 heavy (non-hydrogen) atoms. The number of methoxy groups -OCH3 is 1. The van der Waals surface area contributed by atoms with E-state index in [1.807, 2.05) is 24.3 Å². The molecule has 0 spiro atoms. The van der Waals surface area contributed by atoms with Gasteiger partial charge in [-0.25, -0.2) is 4.39 Å². The molecule has 5 rings (SSSR count). The fourth-order valence-corrected chi connectivity index (χ4v) is 5.99. The number of nitrogens with one attached hydrogen (secondary N) is 3. The number of carbonyl (C=O) groups excluding carboxylic acids is 2. The summed E-state index contributed by atoms with van der Waals surface area (Å²) < 4.78 is 20.0. The van der Waals surface area contributed by atoms with Crippen molar-refractivity contribution in [3.63, 3.8) is 0 Å². The van der Waals surface area contributed by atoms with Crippen LogP contribution in [0.15, 0.2) is 47.5 Å². The van der Waals surface area contributed by atoms with E-state index in [1.165, 1.54) is 17.8 Å². The van der Waals surface area contributed by atoms with Gasteiger partial charge in [-0.2, -0.15) is 0 Å². The molecule has 194 valence electrons. The summed E-state index contributed by atoms with van der Waals surface area (Å²) in [5.74, 6) is 0.953. The number of ether oxygens (including phenoxy) is 1. The topological polar surface area (TPSA) is 92.3 Å². The summed E-state index contributed by atoms with van der Waals surface area (Å²) in [5.41, 5.74) is 2.74. The minimum Gasteiger partial charge on any atom is -0.497 e. The van der Waals surface area contributed by atoms with Crippen LogP contribution in [0.25, 0.3) is 10.9 Å². The van der Waals surface area contributed by atoms with Gasteiger partial charge in [-0.15, -0.1) is 11.8 Å². The first-order chi connectivity index (χ1) is 18.0. The second-order valence-corrected chi connectivity index (χ2v) is 10.7. The van der Waals surface area contributed by atoms with Crippen molar-refractivity contribution in [3.05, 3.63) is 54.0 Å². The van der Waals surface area contributed by atoms with Gasteiger partial charge in [0.05, 0.1) is 29.8 Å². The minimum absolute atomic E-state index is 0.0243. The minimum atomic E-state index is -0.269. The number of amides is 2. The van der Waals surface area contributed by atoms with Gasteiger partial charge in [0, 0.05) is 34.5 Å². The molecule has 1 aromatic heterocycles. The molecule has 7 nitrogen and oxygen atoms in total. The molecule has 9 heteroatoms. The van der Waals surface area contributed by atoms with Crippen LogP contribution in [0, 0.1) is 17.7 Å². The zero-order valence-electron chi connectivity index (χ0n) is 20.8. The van der Waals surface area contributed by atoms with Crippen LogP contribution >= 0.6 is 11.8 Å². The molecule has 3 aromatic rings. The lowest BCUT2D eigenvalue weighted by Gasteiger charge is -2.21. The summed E-state index contributed by atoms with van der Waals surface area (Å²) in [5, 5.41) is 10.2. The molecule has 1 aliphatic carbocycles. The van der Waals surface area contributed by atoms with Crippen LogP contribution in [0.2, 0.25) is 0 Å². The van der Waals surface area contributed by atoms with Gasteiger partial charge in [0.2, 0.25) is 11.8 Å². The third-order valence-electron chi connectivity index (χ3n) is 7.14. The van der Waals surface area contributed by atoms with Crippen LogP contribution in [0.1, 0.15) is 37.7 Å². The highest BCUT2D eigenvalue weighted by molar-refractivity contribution is 8.00. The highest BCUT2D eigenvalue weighted by Gasteiger charge is 2.26. The molecule has 1 aliphatic heterocycles. The summed E-state index contributed by atoms with van der Waals surface area (Å²) >= 11 is 1.35. The Morgan fingerprint density at radius 3 is 2.95 bits per heavy atom. The van der Waals surface area contributed by atoms with E-state index in [2.05, 4.69) is 20.9 Å². The Labute approximate surface area is 219 Å². The molecule has 2 aromatic carbocycles. The maximum atomic E-state index is 14.6. The summed E-state index contributed by atoms with van der Waals surface area (Å²) in [6.45, 7) is 1.08. The number of thioether (sulfide) groups is 1. The lowest BCUT2D eigenvalue weighted by atomic mass is 9.92. The summed E-state index contributed by atoms with van der Waals surface area (Å²) in [7, 11) is 1.62. The Bertz CT molecular complexity index is 1320. The predicted molar refractivity (Wildman–Crippen MR) is 144 cm³/mol. The van der Waals surface area contributed by atoms with Crippen LogP contribution in [0.4, 0.5) is 15.8 Å². The van der Waals surface area contributed by atoms with Crippen molar-refractivity contribution < 1.29 is 18.7 Å². The van der Waals surface area contributed by atoms with Crippen molar-refractivity contribution in [1.29, 1.82) is 0 Å². The average molecular weight is 523 g/mol. The van der Waals surface area contributed by atoms with Crippen molar-refractivity contribution in [2.24, 2.45) is 11.8 Å². The first kappa shape index (κ1) is 25.5. The standard InChI is InChI=1S/C28H31FN4O3S/c1-36-20-6-7-23-21(12-20)24(8-9-31-23)33-28(35)18-5-3-2-4-17(10-18)14-30-15-19-11-25-26(13-22(19)29)37-16-27(34)32-25/h6-9,11-13,17-18,30H,2-5,10,14-16H2,1H3,(H,32,34)(H,31,33,35). The Hall–Kier alpha value is -3.17. The van der Waals surface area contributed by atoms with Crippen LogP contribution in [0.3, 0.4) is 0 Å². The van der Waals surface area contributed by atoms with Gasteiger partial charge in [0.1, 0.15) is 11.6 Å². The molecular formula is C28H31FN4O3S. The van der Waals surface area contributed by atoms with Gasteiger partial charge in [0.25, 0.3) is 0 Å². The quantitative estimate of drug-likeness (QED) is 0.362. The van der Waals surface area contributed by atoms with E-state index in [9.17, 15) is 14.0 Å². The van der Waals surface area contributed by atoms with Crippen LogP contribution < -0.4 is 20.7 Å². The largest absolute Gasteiger partial charge is 0.497 e. The third-order valence-corrected chi connectivity index (χ3v) is 8.20. The number of nitrogens with zero attached hydrogens (tertiary/aromatic N) is 1. The zero-order chi connectivity index (χ0) is 25.8. The number of fused-ring (bicyclic) bond motifs is 2. The third kappa shape index (κ3) is 6.05. The number of pyridine rings is 1. The number of halogens is 1. The second-order valence-electron chi connectivity index (χ2n) is 9.72. The second kappa shape index (κ2) is 11.5. The van der Waals surface area contributed by atoms with Crippen molar-refractivity contribution >= 4 is 45.9 Å². The molecule has 0 bridgehead atoms. The van der Waals surface area contributed by atoms with E-state index in [4.69, 9.17) is 4.74 Å². The van der Waals surface area contributed by atoms with E-state index < -0.39 is 0 Å². The number of rotatable bonds is 7. The van der Waals surface area contributed by atoms with Crippen molar-refractivity contribution in [2.75, 3.05) is 30.0 Å². The van der Waals surface area contributed by atoms with Crippen molar-refractivity contribution in [1.82, 2.24) is 10.3 Å². The molecule has 2 amide bonds. The van der Waals surface area contributed by atoms with Crippen molar-refractivity contribution in [2.45, 2.75) is 43.5 Å². The van der Waals surface area contributed by atoms with Gasteiger partial charge in [0.15, 0.2) is 0 Å². The molecule has 2 atom stereocenters. The average Bonchev–Trinajstić information content (AvgIpc) is 3.15. The Morgan fingerprint density at radius 2 is 2.08 bits per heavy atom. The maximum Gasteiger partial charge on any atom is 0.234 e. The Kier molecular flexibility index (Phi) is 7.90. The summed E-state index contributed by atoms with van der Waals surface area (Å²) in [6, 6.07) is 10.7. The van der Waals surface area contributed by atoms with Crippen LogP contribution in [-0.2, 0) is 16.1 Å². The van der Waals surface area contributed by atoms with E-state index >= 15 is 0 Å². The zero-order valence-corrected chi connectivity index (χ0v) is 21.6. The lowest BCUT2D eigenvalue weighted by Crippen LogP contribution is -2.28. The molecular weight excluding hydrogens is 491 g/mol. The van der Waals surface area contributed by atoms with Gasteiger partial charge in [-0.3, -0.25) is 14.6 Å². The van der Waals surface area contributed by atoms with E-state index in [0.29, 0.717) is 41.8 Å². The lowest BCUT2D eigenvalue weighted by molar-refractivity contribution is -0.120. The Balaban J connectivity index is 1.20. The number of hydrogen-bond acceptors (Lipinski definition) is 6. The molecule has 3 N–H and O–H groups in total. The van der Waals surface area contributed by atoms with Gasteiger partial charge >= 0.3 is 0 Å². The van der Waals surface area contributed by atoms with E-state index in [-0.39, 0.29) is 23.5 Å². The molecule has 1 fully saturated rings. The highest BCUT2D eigenvalue weighted by Crippen LogP contribution is 2.34. The molecule has 2 heterocycles. The molecule has 2 unspecified atom stereocenters. The fraction of sp³-hybridized carbons (Fsp3) is 0.393. The monoisotopic (exact) mass is 522 g/mol. The molecule has 1 saturated carbocycles.